The molecule has 1 aromatic heterocycles. The van der Waals surface area contributed by atoms with Gasteiger partial charge in [-0.15, -0.1) is 0 Å². The fourth-order valence-electron chi connectivity index (χ4n) is 1.04. The Labute approximate surface area is 95.8 Å². The molecule has 16 heavy (non-hydrogen) atoms. The summed E-state index contributed by atoms with van der Waals surface area (Å²) in [7, 11) is 1.75. The van der Waals surface area contributed by atoms with Crippen LogP contribution in [0.1, 0.15) is 6.92 Å². The first kappa shape index (κ1) is 12.1. The number of anilines is 1. The van der Waals surface area contributed by atoms with Crippen molar-refractivity contribution in [3.63, 3.8) is 0 Å². The van der Waals surface area contributed by atoms with E-state index in [9.17, 15) is 4.79 Å². The van der Waals surface area contributed by atoms with Crippen LogP contribution >= 0.6 is 0 Å². The molecule has 0 spiro atoms. The quantitative estimate of drug-likeness (QED) is 0.785. The van der Waals surface area contributed by atoms with Crippen molar-refractivity contribution in [3.05, 3.63) is 54.6 Å². The van der Waals surface area contributed by atoms with E-state index in [-0.39, 0.29) is 5.91 Å². The molecule has 0 radical (unpaired) electrons. The van der Waals surface area contributed by atoms with Gasteiger partial charge in [0.1, 0.15) is 0 Å². The molecule has 1 aromatic carbocycles. The predicted octanol–water partition coefficient (Wildman–Crippen LogP) is 2.06. The zero-order valence-corrected chi connectivity index (χ0v) is 9.13. The van der Waals surface area contributed by atoms with Gasteiger partial charge in [0.15, 0.2) is 0 Å². The first-order valence-electron chi connectivity index (χ1n) is 4.96. The van der Waals surface area contributed by atoms with Crippen LogP contribution in [-0.4, -0.2) is 17.9 Å². The van der Waals surface area contributed by atoms with Gasteiger partial charge >= 0.3 is 36.2 Å². The molecule has 0 aliphatic rings. The molecule has 0 fully saturated rings. The summed E-state index contributed by atoms with van der Waals surface area (Å²) in [6.45, 7) is 1.49. The number of benzene rings is 1. The van der Waals surface area contributed by atoms with Crippen molar-refractivity contribution < 1.29 is 4.79 Å². The van der Waals surface area contributed by atoms with Gasteiger partial charge in [0.2, 0.25) is 5.91 Å². The molecule has 0 saturated carbocycles. The third kappa shape index (κ3) is 5.70. The van der Waals surface area contributed by atoms with Gasteiger partial charge in [-0.3, -0.25) is 4.79 Å². The second-order valence-electron chi connectivity index (χ2n) is 3.07. The predicted molar refractivity (Wildman–Crippen MR) is 66.3 cm³/mol. The van der Waals surface area contributed by atoms with Gasteiger partial charge in [0.25, 0.3) is 0 Å². The van der Waals surface area contributed by atoms with Crippen LogP contribution in [0.2, 0.25) is 0 Å². The number of carbonyl (C=O) groups excluding carboxylic acids is 1. The van der Waals surface area contributed by atoms with E-state index in [4.69, 9.17) is 0 Å². The van der Waals surface area contributed by atoms with Gasteiger partial charge in [0, 0.05) is 12.6 Å². The van der Waals surface area contributed by atoms with Crippen molar-refractivity contribution in [2.45, 2.75) is 6.92 Å². The van der Waals surface area contributed by atoms with Crippen molar-refractivity contribution in [2.24, 2.45) is 0 Å². The number of aromatic nitrogens is 1. The van der Waals surface area contributed by atoms with Crippen molar-refractivity contribution in [3.8, 4) is 0 Å². The van der Waals surface area contributed by atoms with Gasteiger partial charge in [-0.25, -0.2) is 0 Å². The maximum absolute atomic E-state index is 10.5. The minimum atomic E-state index is -0.0359. The van der Waals surface area contributed by atoms with Gasteiger partial charge in [-0.05, 0) is 12.1 Å². The summed E-state index contributed by atoms with van der Waals surface area (Å²) in [4.78, 5) is 14.3. The zero-order valence-electron chi connectivity index (χ0n) is 9.13. The Morgan fingerprint density at radius 3 is 2.31 bits per heavy atom. The number of carbonyl (C=O) groups is 1. The van der Waals surface area contributed by atoms with Gasteiger partial charge in [0.05, 0.1) is 0 Å². The van der Waals surface area contributed by atoms with Crippen LogP contribution in [0.4, 0.5) is 5.69 Å². The van der Waals surface area contributed by atoms with E-state index in [1.54, 1.807) is 13.2 Å². The molecular formula is C12H13BN2O. The third-order valence-corrected chi connectivity index (χ3v) is 1.66. The van der Waals surface area contributed by atoms with Gasteiger partial charge in [-0.1, -0.05) is 18.2 Å². The monoisotopic (exact) mass is 212 g/mol. The Morgan fingerprint density at radius 2 is 1.94 bits per heavy atom. The molecule has 80 valence electrons. The number of hydrogen-bond acceptors (Lipinski definition) is 2. The zero-order chi connectivity index (χ0) is 11.6. The van der Waals surface area contributed by atoms with Crippen LogP contribution in [0, 0.1) is 0 Å². The Kier molecular flexibility index (Phi) is 5.56. The van der Waals surface area contributed by atoms with Gasteiger partial charge in [-0.2, -0.15) is 0 Å². The molecule has 0 aliphatic heterocycles. The molecule has 3 nitrogen and oxygen atoms in total. The Balaban J connectivity index is 0.000000181. The van der Waals surface area contributed by atoms with Crippen LogP contribution in [0.25, 0.3) is 0 Å². The summed E-state index contributed by atoms with van der Waals surface area (Å²) < 4.78 is 0. The van der Waals surface area contributed by atoms with E-state index >= 15 is 0 Å². The first-order valence-corrected chi connectivity index (χ1v) is 4.96. The molecule has 1 heterocycles. The summed E-state index contributed by atoms with van der Waals surface area (Å²) in [5.74, 6) is 1.85. The second kappa shape index (κ2) is 7.34. The van der Waals surface area contributed by atoms with Crippen molar-refractivity contribution in [1.82, 2.24) is 4.89 Å². The number of para-hydroxylation sites is 1. The minimum absolute atomic E-state index is 0.0359. The fraction of sp³-hybridized carbons (Fsp3) is 0.0833. The van der Waals surface area contributed by atoms with E-state index in [0.717, 1.165) is 5.69 Å². The van der Waals surface area contributed by atoms with E-state index in [1.165, 1.54) is 6.92 Å². The molecule has 0 aliphatic carbocycles. The Morgan fingerprint density at radius 1 is 1.19 bits per heavy atom. The molecule has 2 rings (SSSR count). The van der Waals surface area contributed by atoms with Crippen LogP contribution in [0.15, 0.2) is 54.6 Å². The van der Waals surface area contributed by atoms with Crippen molar-refractivity contribution in [1.29, 1.82) is 0 Å². The fourth-order valence-corrected chi connectivity index (χ4v) is 1.04. The summed E-state index contributed by atoms with van der Waals surface area (Å²) in [6.07, 6.45) is 1.75. The number of nitrogens with zero attached hydrogens (tertiary/aromatic N) is 1. The Bertz CT molecular complexity index is 379. The number of amides is 1. The molecular weight excluding hydrogens is 199 g/mol. The van der Waals surface area contributed by atoms with E-state index < -0.39 is 0 Å². The van der Waals surface area contributed by atoms with Gasteiger partial charge < -0.3 is 5.32 Å². The SMILES string of the molecule is CC(=O)Nc1ccccc1.b1ccccn1. The normalized spacial score (nSPS) is 8.31. The van der Waals surface area contributed by atoms with E-state index in [1.807, 2.05) is 48.4 Å². The van der Waals surface area contributed by atoms with Crippen molar-refractivity contribution in [2.75, 3.05) is 5.32 Å². The standard InChI is InChI=1S/C8H9NO.C4H4BN/c1-7(10)9-8-5-3-2-4-6-8;1-2-4-6-5-3-1/h2-6H,1H3,(H,9,10);1-4H. The number of nitrogens with one attached hydrogen (secondary N) is 1. The Hall–Kier alpha value is -1.97. The molecule has 0 atom stereocenters. The first-order chi connectivity index (χ1) is 7.79. The molecule has 1 amide bonds. The molecule has 0 unspecified atom stereocenters. The third-order valence-electron chi connectivity index (χ3n) is 1.66. The average Bonchev–Trinajstić information content (AvgIpc) is 2.32. The number of hydrogen-bond donors (Lipinski definition) is 1. The summed E-state index contributed by atoms with van der Waals surface area (Å²) in [5.41, 5.74) is 0.843. The van der Waals surface area contributed by atoms with Crippen LogP contribution < -0.4 is 5.32 Å². The maximum atomic E-state index is 10.5. The molecule has 1 N–H and O–H groups in total. The number of rotatable bonds is 1. The molecule has 0 bridgehead atoms. The summed E-state index contributed by atoms with van der Waals surface area (Å²) >= 11 is 0. The second-order valence-corrected chi connectivity index (χ2v) is 3.07. The van der Waals surface area contributed by atoms with Crippen molar-refractivity contribution >= 4 is 18.6 Å². The van der Waals surface area contributed by atoms with E-state index in [2.05, 4.69) is 10.2 Å². The molecule has 0 saturated heterocycles. The summed E-state index contributed by atoms with van der Waals surface area (Å²) in [6, 6.07) is 13.2. The molecule has 2 aromatic rings. The average molecular weight is 212 g/mol. The van der Waals surface area contributed by atoms with Crippen LogP contribution in [0.3, 0.4) is 0 Å². The van der Waals surface area contributed by atoms with Crippen LogP contribution in [-0.2, 0) is 4.79 Å². The molecule has 4 heteroatoms. The topological polar surface area (TPSA) is 42.0 Å². The summed E-state index contributed by atoms with van der Waals surface area (Å²) in [5, 5.41) is 2.67. The van der Waals surface area contributed by atoms with Crippen LogP contribution in [0.5, 0.6) is 0 Å². The van der Waals surface area contributed by atoms with E-state index in [0.29, 0.717) is 0 Å².